The second kappa shape index (κ2) is 6.76. The van der Waals surface area contributed by atoms with Crippen molar-refractivity contribution in [1.29, 1.82) is 0 Å². The fourth-order valence-electron chi connectivity index (χ4n) is 2.60. The predicted molar refractivity (Wildman–Crippen MR) is 91.4 cm³/mol. The van der Waals surface area contributed by atoms with Gasteiger partial charge in [0.25, 0.3) is 0 Å². The summed E-state index contributed by atoms with van der Waals surface area (Å²) in [6.45, 7) is 0. The molecule has 1 nitrogen and oxygen atoms in total. The maximum atomic E-state index is 2.22. The minimum absolute atomic E-state index is 0. The molecule has 3 rings (SSSR count). The standard InChI is InChI=1S/C19H17As.H2O/c20-19(16-10-4-1-5-11-16,17-12-6-2-7-13-17)18-14-8-3-9-15-18;/h1-15H,20H2;1H2. The van der Waals surface area contributed by atoms with Crippen LogP contribution in [0, 0.1) is 0 Å². The summed E-state index contributed by atoms with van der Waals surface area (Å²) < 4.78 is -0.0588. The van der Waals surface area contributed by atoms with Crippen molar-refractivity contribution in [3.8, 4) is 0 Å². The van der Waals surface area contributed by atoms with Gasteiger partial charge in [-0.3, -0.25) is 0 Å². The van der Waals surface area contributed by atoms with Crippen LogP contribution in [0.15, 0.2) is 91.0 Å². The Hall–Kier alpha value is -1.82. The predicted octanol–water partition coefficient (Wildman–Crippen LogP) is 2.79. The second-order valence-electron chi connectivity index (χ2n) is 4.91. The molecule has 0 aliphatic heterocycles. The quantitative estimate of drug-likeness (QED) is 0.520. The van der Waals surface area contributed by atoms with Crippen molar-refractivity contribution >= 4 is 16.9 Å². The van der Waals surface area contributed by atoms with E-state index in [2.05, 4.69) is 91.0 Å². The van der Waals surface area contributed by atoms with Crippen molar-refractivity contribution in [3.63, 3.8) is 0 Å². The molecule has 2 heteroatoms. The molecule has 3 aromatic carbocycles. The maximum absolute atomic E-state index is 2.22. The van der Waals surface area contributed by atoms with Gasteiger partial charge in [-0.25, -0.2) is 0 Å². The van der Waals surface area contributed by atoms with E-state index in [9.17, 15) is 0 Å². The van der Waals surface area contributed by atoms with Crippen LogP contribution in [0.5, 0.6) is 0 Å². The molecule has 1 atom stereocenters. The van der Waals surface area contributed by atoms with Crippen molar-refractivity contribution in [1.82, 2.24) is 0 Å². The van der Waals surface area contributed by atoms with Gasteiger partial charge >= 0.3 is 129 Å². The first-order valence-corrected chi connectivity index (χ1v) is 7.98. The molecule has 1 unspecified atom stereocenters. The van der Waals surface area contributed by atoms with Crippen LogP contribution in [0.3, 0.4) is 0 Å². The van der Waals surface area contributed by atoms with Crippen LogP contribution < -0.4 is 0 Å². The minimum atomic E-state index is -0.0588. The van der Waals surface area contributed by atoms with Crippen molar-refractivity contribution in [2.75, 3.05) is 0 Å². The first-order valence-electron chi connectivity index (χ1n) is 6.77. The molecule has 0 bridgehead atoms. The van der Waals surface area contributed by atoms with Gasteiger partial charge in [-0.15, -0.1) is 0 Å². The summed E-state index contributed by atoms with van der Waals surface area (Å²) in [5.74, 6) is 0. The third-order valence-corrected chi connectivity index (χ3v) is 5.79. The second-order valence-corrected chi connectivity index (χ2v) is 6.72. The van der Waals surface area contributed by atoms with Crippen molar-refractivity contribution < 1.29 is 5.48 Å². The third-order valence-electron chi connectivity index (χ3n) is 3.69. The van der Waals surface area contributed by atoms with Gasteiger partial charge in [-0.2, -0.15) is 0 Å². The zero-order valence-electron chi connectivity index (χ0n) is 11.7. The van der Waals surface area contributed by atoms with Crippen LogP contribution in [0.4, 0.5) is 0 Å². The monoisotopic (exact) mass is 338 g/mol. The summed E-state index contributed by atoms with van der Waals surface area (Å²) in [6, 6.07) is 32.3. The van der Waals surface area contributed by atoms with E-state index in [1.54, 1.807) is 16.9 Å². The Labute approximate surface area is 134 Å². The van der Waals surface area contributed by atoms with E-state index in [1.807, 2.05) is 0 Å². The van der Waals surface area contributed by atoms with Gasteiger partial charge in [0.15, 0.2) is 0 Å². The van der Waals surface area contributed by atoms with Crippen LogP contribution in [0.2, 0.25) is 0 Å². The molecule has 0 aromatic heterocycles. The molecule has 0 saturated heterocycles. The SMILES string of the molecule is O.[AsH2]C(c1ccccc1)(c1ccccc1)c1ccccc1. The van der Waals surface area contributed by atoms with E-state index in [0.29, 0.717) is 0 Å². The van der Waals surface area contributed by atoms with E-state index >= 15 is 0 Å². The molecule has 0 amide bonds. The Morgan fingerprint density at radius 1 is 0.476 bits per heavy atom. The molecule has 21 heavy (non-hydrogen) atoms. The molecule has 106 valence electrons. The molecule has 0 radical (unpaired) electrons. The van der Waals surface area contributed by atoms with Gasteiger partial charge in [-0.05, 0) is 0 Å². The summed E-state index contributed by atoms with van der Waals surface area (Å²) in [4.78, 5) is 0. The Kier molecular flexibility index (Phi) is 5.01. The van der Waals surface area contributed by atoms with E-state index in [-0.39, 0.29) is 9.68 Å². The summed E-state index contributed by atoms with van der Waals surface area (Å²) in [6.07, 6.45) is 0. The summed E-state index contributed by atoms with van der Waals surface area (Å²) in [5, 5.41) is 0. The molecule has 0 aliphatic rings. The van der Waals surface area contributed by atoms with Gasteiger partial charge in [0, 0.05) is 0 Å². The third kappa shape index (κ3) is 2.95. The molecule has 0 spiro atoms. The van der Waals surface area contributed by atoms with Gasteiger partial charge in [0.2, 0.25) is 0 Å². The van der Waals surface area contributed by atoms with E-state index in [0.717, 1.165) is 0 Å². The average molecular weight is 338 g/mol. The van der Waals surface area contributed by atoms with Gasteiger partial charge in [0.05, 0.1) is 0 Å². The molecule has 0 saturated carbocycles. The van der Waals surface area contributed by atoms with E-state index < -0.39 is 0 Å². The topological polar surface area (TPSA) is 31.5 Å². The zero-order chi connectivity index (χ0) is 13.8. The van der Waals surface area contributed by atoms with Crippen LogP contribution >= 0.6 is 0 Å². The summed E-state index contributed by atoms with van der Waals surface area (Å²) in [5.41, 5.74) is 4.03. The summed E-state index contributed by atoms with van der Waals surface area (Å²) in [7, 11) is 0. The van der Waals surface area contributed by atoms with Crippen LogP contribution in [0.1, 0.15) is 16.7 Å². The fraction of sp³-hybridized carbons (Fsp3) is 0.0526. The number of hydrogen-bond donors (Lipinski definition) is 0. The number of hydrogen-bond acceptors (Lipinski definition) is 0. The molecule has 0 heterocycles. The van der Waals surface area contributed by atoms with Crippen LogP contribution in [-0.2, 0) is 4.20 Å². The Bertz CT molecular complexity index is 569. The fourth-order valence-corrected chi connectivity index (χ4v) is 3.81. The summed E-state index contributed by atoms with van der Waals surface area (Å²) >= 11 is 1.73. The van der Waals surface area contributed by atoms with Gasteiger partial charge in [0.1, 0.15) is 0 Å². The van der Waals surface area contributed by atoms with Crippen LogP contribution in [0.25, 0.3) is 0 Å². The number of benzene rings is 3. The first kappa shape index (κ1) is 15.6. The number of rotatable bonds is 3. The molecular weight excluding hydrogens is 319 g/mol. The normalized spacial score (nSPS) is 10.7. The molecule has 3 aromatic rings. The Morgan fingerprint density at radius 2 is 0.714 bits per heavy atom. The van der Waals surface area contributed by atoms with Crippen molar-refractivity contribution in [2.45, 2.75) is 4.20 Å². The molecule has 2 N–H and O–H groups in total. The van der Waals surface area contributed by atoms with Crippen molar-refractivity contribution in [3.05, 3.63) is 108 Å². The molecule has 0 aliphatic carbocycles. The average Bonchev–Trinajstić information content (AvgIpc) is 2.56. The van der Waals surface area contributed by atoms with E-state index in [1.165, 1.54) is 16.7 Å². The molecule has 0 fully saturated rings. The van der Waals surface area contributed by atoms with Crippen LogP contribution in [-0.4, -0.2) is 22.3 Å². The zero-order valence-corrected chi connectivity index (χ0v) is 14.2. The van der Waals surface area contributed by atoms with E-state index in [4.69, 9.17) is 0 Å². The van der Waals surface area contributed by atoms with Crippen molar-refractivity contribution in [2.24, 2.45) is 0 Å². The Morgan fingerprint density at radius 3 is 0.952 bits per heavy atom. The first-order chi connectivity index (χ1) is 9.82. The van der Waals surface area contributed by atoms with Gasteiger partial charge < -0.3 is 5.48 Å². The molecular formula is C19H19AsO. The van der Waals surface area contributed by atoms with Gasteiger partial charge in [-0.1, -0.05) is 0 Å². The Balaban J connectivity index is 0.00000161.